The van der Waals surface area contributed by atoms with E-state index in [0.717, 1.165) is 6.20 Å². The zero-order valence-corrected chi connectivity index (χ0v) is 8.58. The molecule has 0 fully saturated rings. The van der Waals surface area contributed by atoms with Crippen LogP contribution in [0.5, 0.6) is 0 Å². The molecule has 0 saturated carbocycles. The molecule has 1 amide bonds. The fraction of sp³-hybridized carbons (Fsp3) is 0. The van der Waals surface area contributed by atoms with Crippen LogP contribution in [0.15, 0.2) is 35.3 Å². The Morgan fingerprint density at radius 2 is 2.06 bits per heavy atom. The summed E-state index contributed by atoms with van der Waals surface area (Å²) in [4.78, 5) is 33.1. The van der Waals surface area contributed by atoms with Crippen LogP contribution in [-0.2, 0) is 4.79 Å². The molecule has 0 saturated heterocycles. The fourth-order valence-corrected chi connectivity index (χ4v) is 1.59. The molecular formula is C11H8N2O4. The lowest BCUT2D eigenvalue weighted by Crippen LogP contribution is -2.22. The van der Waals surface area contributed by atoms with Crippen molar-refractivity contribution in [3.05, 3.63) is 46.2 Å². The maximum Gasteiger partial charge on any atom is 0.341 e. The van der Waals surface area contributed by atoms with E-state index in [4.69, 9.17) is 5.11 Å². The summed E-state index contributed by atoms with van der Waals surface area (Å²) >= 11 is 0. The summed E-state index contributed by atoms with van der Waals surface area (Å²) in [5.41, 5.74) is 1.78. The Kier molecular flexibility index (Phi) is 2.61. The minimum atomic E-state index is -1.33. The normalized spacial score (nSPS) is 10.1. The third-order valence-electron chi connectivity index (χ3n) is 2.33. The Bertz CT molecular complexity index is 660. The monoisotopic (exact) mass is 232 g/mol. The second-order valence-electron chi connectivity index (χ2n) is 3.31. The van der Waals surface area contributed by atoms with E-state index in [1.54, 1.807) is 18.2 Å². The SMILES string of the molecule is O=CNn1cc(C(=O)O)c(=O)c2ccccc21. The molecule has 6 heteroatoms. The van der Waals surface area contributed by atoms with Crippen molar-refractivity contribution in [2.45, 2.75) is 0 Å². The number of carboxylic acids is 1. The van der Waals surface area contributed by atoms with E-state index in [2.05, 4.69) is 5.43 Å². The Morgan fingerprint density at radius 1 is 1.35 bits per heavy atom. The number of benzene rings is 1. The number of fused-ring (bicyclic) bond motifs is 1. The second kappa shape index (κ2) is 4.09. The highest BCUT2D eigenvalue weighted by molar-refractivity contribution is 5.92. The number of nitrogens with zero attached hydrogens (tertiary/aromatic N) is 1. The molecule has 1 aromatic heterocycles. The summed E-state index contributed by atoms with van der Waals surface area (Å²) in [6.07, 6.45) is 1.49. The first-order chi connectivity index (χ1) is 8.15. The second-order valence-corrected chi connectivity index (χ2v) is 3.31. The number of rotatable bonds is 3. The van der Waals surface area contributed by atoms with Gasteiger partial charge in [0.15, 0.2) is 0 Å². The number of nitrogens with one attached hydrogen (secondary N) is 1. The number of carbonyl (C=O) groups excluding carboxylic acids is 1. The molecule has 0 unspecified atom stereocenters. The first-order valence-corrected chi connectivity index (χ1v) is 4.73. The van der Waals surface area contributed by atoms with Gasteiger partial charge in [-0.1, -0.05) is 12.1 Å². The van der Waals surface area contributed by atoms with Crippen LogP contribution in [-0.4, -0.2) is 22.2 Å². The van der Waals surface area contributed by atoms with Gasteiger partial charge in [0.25, 0.3) is 0 Å². The van der Waals surface area contributed by atoms with Crippen LogP contribution in [0.2, 0.25) is 0 Å². The maximum absolute atomic E-state index is 11.8. The van der Waals surface area contributed by atoms with Crippen LogP contribution < -0.4 is 10.9 Å². The summed E-state index contributed by atoms with van der Waals surface area (Å²) in [7, 11) is 0. The molecule has 17 heavy (non-hydrogen) atoms. The van der Waals surface area contributed by atoms with E-state index in [9.17, 15) is 14.4 Å². The summed E-state index contributed by atoms with van der Waals surface area (Å²) in [6.45, 7) is 0. The average molecular weight is 232 g/mol. The van der Waals surface area contributed by atoms with Crippen molar-refractivity contribution in [1.82, 2.24) is 4.68 Å². The molecule has 1 aromatic carbocycles. The minimum absolute atomic E-state index is 0.238. The topological polar surface area (TPSA) is 88.4 Å². The quantitative estimate of drug-likeness (QED) is 0.749. The third-order valence-corrected chi connectivity index (χ3v) is 2.33. The first kappa shape index (κ1) is 10.9. The van der Waals surface area contributed by atoms with Gasteiger partial charge in [-0.25, -0.2) is 4.79 Å². The van der Waals surface area contributed by atoms with Gasteiger partial charge in [-0.2, -0.15) is 0 Å². The smallest absolute Gasteiger partial charge is 0.341 e. The lowest BCUT2D eigenvalue weighted by atomic mass is 10.1. The molecule has 0 radical (unpaired) electrons. The Labute approximate surface area is 95.1 Å². The fourth-order valence-electron chi connectivity index (χ4n) is 1.59. The lowest BCUT2D eigenvalue weighted by Gasteiger charge is -2.09. The molecule has 0 bridgehead atoms. The van der Waals surface area contributed by atoms with Gasteiger partial charge in [0.05, 0.1) is 5.52 Å². The van der Waals surface area contributed by atoms with Crippen molar-refractivity contribution in [1.29, 1.82) is 0 Å². The van der Waals surface area contributed by atoms with Gasteiger partial charge in [-0.05, 0) is 12.1 Å². The van der Waals surface area contributed by atoms with Crippen LogP contribution >= 0.6 is 0 Å². The summed E-state index contributed by atoms with van der Waals surface area (Å²) < 4.78 is 1.20. The van der Waals surface area contributed by atoms with Crippen LogP contribution in [0.4, 0.5) is 0 Å². The van der Waals surface area contributed by atoms with Crippen molar-refractivity contribution in [3.63, 3.8) is 0 Å². The number of carboxylic acid groups (broad SMARTS) is 1. The van der Waals surface area contributed by atoms with Crippen molar-refractivity contribution in [3.8, 4) is 0 Å². The van der Waals surface area contributed by atoms with Gasteiger partial charge in [-0.15, -0.1) is 0 Å². The molecule has 1 heterocycles. The zero-order chi connectivity index (χ0) is 12.4. The van der Waals surface area contributed by atoms with Crippen molar-refractivity contribution in [2.24, 2.45) is 0 Å². The lowest BCUT2D eigenvalue weighted by molar-refractivity contribution is -0.106. The van der Waals surface area contributed by atoms with Crippen molar-refractivity contribution >= 4 is 23.3 Å². The van der Waals surface area contributed by atoms with E-state index in [-0.39, 0.29) is 5.39 Å². The Balaban J connectivity index is 2.89. The predicted octanol–water partition coefficient (Wildman–Crippen LogP) is 0.400. The summed E-state index contributed by atoms with van der Waals surface area (Å²) in [5.74, 6) is -1.33. The highest BCUT2D eigenvalue weighted by atomic mass is 16.4. The number of aromatic nitrogens is 1. The molecule has 0 aliphatic rings. The summed E-state index contributed by atoms with van der Waals surface area (Å²) in [6, 6.07) is 6.43. The number of aromatic carboxylic acids is 1. The molecule has 2 rings (SSSR count). The number of carbonyl (C=O) groups is 2. The molecule has 0 aliphatic heterocycles. The van der Waals surface area contributed by atoms with E-state index in [1.807, 2.05) is 0 Å². The van der Waals surface area contributed by atoms with Gasteiger partial charge in [0.1, 0.15) is 5.56 Å². The standard InChI is InChI=1S/C11H8N2O4/c14-6-12-13-5-8(11(16)17)10(15)7-3-1-2-4-9(7)13/h1-6H,(H,12,14)(H,16,17). The highest BCUT2D eigenvalue weighted by Crippen LogP contribution is 2.09. The Morgan fingerprint density at radius 3 is 2.71 bits per heavy atom. The van der Waals surface area contributed by atoms with Gasteiger partial charge in [0, 0.05) is 11.6 Å². The minimum Gasteiger partial charge on any atom is -0.477 e. The van der Waals surface area contributed by atoms with Gasteiger partial charge >= 0.3 is 5.97 Å². The Hall–Kier alpha value is -2.63. The first-order valence-electron chi connectivity index (χ1n) is 4.73. The van der Waals surface area contributed by atoms with Gasteiger partial charge < -0.3 is 5.11 Å². The summed E-state index contributed by atoms with van der Waals surface area (Å²) in [5, 5.41) is 9.13. The maximum atomic E-state index is 11.8. The van der Waals surface area contributed by atoms with Crippen LogP contribution in [0.3, 0.4) is 0 Å². The molecule has 0 atom stereocenters. The largest absolute Gasteiger partial charge is 0.477 e. The van der Waals surface area contributed by atoms with E-state index in [0.29, 0.717) is 11.9 Å². The molecule has 0 spiro atoms. The van der Waals surface area contributed by atoms with Gasteiger partial charge in [-0.3, -0.25) is 19.7 Å². The number of hydrogen-bond acceptors (Lipinski definition) is 3. The molecular weight excluding hydrogens is 224 g/mol. The number of pyridine rings is 1. The van der Waals surface area contributed by atoms with E-state index >= 15 is 0 Å². The molecule has 2 aromatic rings. The van der Waals surface area contributed by atoms with Crippen LogP contribution in [0, 0.1) is 0 Å². The van der Waals surface area contributed by atoms with Crippen molar-refractivity contribution < 1.29 is 14.7 Å². The van der Waals surface area contributed by atoms with Crippen LogP contribution in [0.25, 0.3) is 10.9 Å². The third kappa shape index (κ3) is 1.76. The molecule has 2 N–H and O–H groups in total. The van der Waals surface area contributed by atoms with Crippen molar-refractivity contribution in [2.75, 3.05) is 5.43 Å². The van der Waals surface area contributed by atoms with E-state index in [1.165, 1.54) is 10.7 Å². The predicted molar refractivity (Wildman–Crippen MR) is 60.6 cm³/mol. The number of hydrogen-bond donors (Lipinski definition) is 2. The van der Waals surface area contributed by atoms with Gasteiger partial charge in [0.2, 0.25) is 11.8 Å². The number of para-hydroxylation sites is 1. The van der Waals surface area contributed by atoms with E-state index < -0.39 is 17.0 Å². The zero-order valence-electron chi connectivity index (χ0n) is 8.58. The molecule has 0 aliphatic carbocycles. The molecule has 6 nitrogen and oxygen atoms in total. The number of amides is 1. The average Bonchev–Trinajstić information content (AvgIpc) is 2.33. The highest BCUT2D eigenvalue weighted by Gasteiger charge is 2.13. The molecule has 86 valence electrons. The van der Waals surface area contributed by atoms with Crippen LogP contribution in [0.1, 0.15) is 10.4 Å².